The highest BCUT2D eigenvalue weighted by atomic mass is 16.3. The maximum Gasteiger partial charge on any atom is 0.0664 e. The molecule has 0 aromatic rings. The first kappa shape index (κ1) is 7.92. The summed E-state index contributed by atoms with van der Waals surface area (Å²) in [6.45, 7) is 3.85. The van der Waals surface area contributed by atoms with E-state index in [1.165, 1.54) is 0 Å². The summed E-state index contributed by atoms with van der Waals surface area (Å²) in [7, 11) is 1.86. The summed E-state index contributed by atoms with van der Waals surface area (Å²) in [6.07, 6.45) is 0.749. The summed E-state index contributed by atoms with van der Waals surface area (Å²) in [4.78, 5) is 0. The van der Waals surface area contributed by atoms with Crippen LogP contribution < -0.4 is 5.32 Å². The molecular weight excluding hydrogens is 102 g/mol. The summed E-state index contributed by atoms with van der Waals surface area (Å²) in [5, 5.41) is 12.0. The van der Waals surface area contributed by atoms with E-state index >= 15 is 0 Å². The zero-order valence-corrected chi connectivity index (χ0v) is 5.81. The van der Waals surface area contributed by atoms with Crippen LogP contribution in [0.25, 0.3) is 0 Å². The van der Waals surface area contributed by atoms with Crippen LogP contribution in [0.2, 0.25) is 0 Å². The van der Waals surface area contributed by atoms with Crippen LogP contribution in [0.4, 0.5) is 0 Å². The maximum atomic E-state index is 8.95. The molecule has 0 saturated heterocycles. The predicted molar refractivity (Wildman–Crippen MR) is 34.8 cm³/mol. The third-order valence-electron chi connectivity index (χ3n) is 1.39. The second-order valence-corrected chi connectivity index (χ2v) is 2.04. The molecule has 50 valence electrons. The molecule has 0 aromatic carbocycles. The van der Waals surface area contributed by atoms with Gasteiger partial charge in [0.05, 0.1) is 6.10 Å². The molecule has 0 rings (SSSR count). The Labute approximate surface area is 50.9 Å². The molecule has 8 heavy (non-hydrogen) atoms. The number of nitrogens with one attached hydrogen (secondary N) is 1. The molecule has 1 unspecified atom stereocenters. The first-order chi connectivity index (χ1) is 3.72. The number of aliphatic hydroxyl groups excluding tert-OH is 1. The van der Waals surface area contributed by atoms with Gasteiger partial charge >= 0.3 is 0 Å². The highest BCUT2D eigenvalue weighted by molar-refractivity contribution is 4.66. The largest absolute Gasteiger partial charge is 0.392 e. The fraction of sp³-hybridized carbons (Fsp3) is 1.00. The molecule has 0 saturated carbocycles. The van der Waals surface area contributed by atoms with Gasteiger partial charge in [-0.2, -0.15) is 0 Å². The predicted octanol–water partition coefficient (Wildman–Crippen LogP) is 0.365. The van der Waals surface area contributed by atoms with Crippen molar-refractivity contribution in [3.63, 3.8) is 0 Å². The van der Waals surface area contributed by atoms with Gasteiger partial charge in [-0.3, -0.25) is 0 Å². The van der Waals surface area contributed by atoms with E-state index in [2.05, 4.69) is 5.32 Å². The average Bonchev–Trinajstić information content (AvgIpc) is 1.69. The lowest BCUT2D eigenvalue weighted by Gasteiger charge is -2.15. The molecule has 0 heterocycles. The van der Waals surface area contributed by atoms with E-state index in [0.717, 1.165) is 6.42 Å². The average molecular weight is 117 g/mol. The Kier molecular flexibility index (Phi) is 3.83. The van der Waals surface area contributed by atoms with Crippen LogP contribution in [0, 0.1) is 0 Å². The Bertz CT molecular complexity index is 50.5. The van der Waals surface area contributed by atoms with Crippen molar-refractivity contribution >= 4 is 0 Å². The molecule has 0 bridgehead atoms. The first-order valence-electron chi connectivity index (χ1n) is 3.07. The smallest absolute Gasteiger partial charge is 0.0664 e. The fourth-order valence-corrected chi connectivity index (χ4v) is 0.786. The summed E-state index contributed by atoms with van der Waals surface area (Å²) in [5.74, 6) is 0. The Hall–Kier alpha value is -0.0800. The summed E-state index contributed by atoms with van der Waals surface area (Å²) in [5.41, 5.74) is 0. The first-order valence-corrected chi connectivity index (χ1v) is 3.07. The number of aliphatic hydroxyl groups is 1. The third-order valence-corrected chi connectivity index (χ3v) is 1.39. The molecular formula is C6H15NO. The minimum absolute atomic E-state index is 0.231. The topological polar surface area (TPSA) is 32.3 Å². The van der Waals surface area contributed by atoms with E-state index in [0.29, 0.717) is 0 Å². The van der Waals surface area contributed by atoms with Crippen LogP contribution in [0.15, 0.2) is 0 Å². The monoisotopic (exact) mass is 117 g/mol. The van der Waals surface area contributed by atoms with Crippen molar-refractivity contribution < 1.29 is 5.11 Å². The van der Waals surface area contributed by atoms with Crippen molar-refractivity contribution in [1.29, 1.82) is 0 Å². The molecule has 0 aromatic heterocycles. The second kappa shape index (κ2) is 3.87. The molecule has 0 aliphatic heterocycles. The van der Waals surface area contributed by atoms with Crippen LogP contribution in [0.5, 0.6) is 0 Å². The van der Waals surface area contributed by atoms with Gasteiger partial charge in [0.25, 0.3) is 0 Å². The molecule has 0 amide bonds. The Morgan fingerprint density at radius 3 is 2.12 bits per heavy atom. The lowest BCUT2D eigenvalue weighted by Crippen LogP contribution is -2.34. The van der Waals surface area contributed by atoms with Crippen molar-refractivity contribution in [3.8, 4) is 0 Å². The molecule has 2 N–H and O–H groups in total. The van der Waals surface area contributed by atoms with E-state index in [1.807, 2.05) is 14.0 Å². The van der Waals surface area contributed by atoms with Gasteiger partial charge in [0.15, 0.2) is 0 Å². The van der Waals surface area contributed by atoms with E-state index in [1.54, 1.807) is 6.92 Å². The summed E-state index contributed by atoms with van der Waals surface area (Å²) in [6, 6.07) is 0.259. The molecule has 2 atom stereocenters. The fourth-order valence-electron chi connectivity index (χ4n) is 0.786. The van der Waals surface area contributed by atoms with Crippen LogP contribution in [-0.2, 0) is 0 Å². The molecule has 0 spiro atoms. The lowest BCUT2D eigenvalue weighted by atomic mass is 10.1. The maximum absolute atomic E-state index is 8.95. The van der Waals surface area contributed by atoms with Gasteiger partial charge in [-0.1, -0.05) is 6.92 Å². The lowest BCUT2D eigenvalue weighted by molar-refractivity contribution is 0.147. The van der Waals surface area contributed by atoms with Crippen LogP contribution in [-0.4, -0.2) is 24.3 Å². The summed E-state index contributed by atoms with van der Waals surface area (Å²) < 4.78 is 0. The van der Waals surface area contributed by atoms with Gasteiger partial charge in [0.1, 0.15) is 0 Å². The molecule has 0 radical (unpaired) electrons. The molecule has 0 aliphatic rings. The van der Waals surface area contributed by atoms with E-state index in [4.69, 9.17) is 5.11 Å². The SMILES string of the molecule is CC[C@@H](NC)C(C)O. The van der Waals surface area contributed by atoms with E-state index in [9.17, 15) is 0 Å². The van der Waals surface area contributed by atoms with Crippen molar-refractivity contribution in [3.05, 3.63) is 0 Å². The molecule has 0 fully saturated rings. The second-order valence-electron chi connectivity index (χ2n) is 2.04. The number of likely N-dealkylation sites (N-methyl/N-ethyl adjacent to an activating group) is 1. The normalized spacial score (nSPS) is 18.0. The van der Waals surface area contributed by atoms with Gasteiger partial charge in [0.2, 0.25) is 0 Å². The molecule has 0 aliphatic carbocycles. The van der Waals surface area contributed by atoms with Crippen molar-refractivity contribution in [2.45, 2.75) is 32.4 Å². The van der Waals surface area contributed by atoms with Crippen LogP contribution in [0.3, 0.4) is 0 Å². The van der Waals surface area contributed by atoms with Gasteiger partial charge < -0.3 is 10.4 Å². The zero-order chi connectivity index (χ0) is 6.57. The highest BCUT2D eigenvalue weighted by Gasteiger charge is 2.07. The quantitative estimate of drug-likeness (QED) is 0.559. The number of hydrogen-bond donors (Lipinski definition) is 2. The molecule has 2 nitrogen and oxygen atoms in total. The van der Waals surface area contributed by atoms with Gasteiger partial charge in [-0.15, -0.1) is 0 Å². The minimum Gasteiger partial charge on any atom is -0.392 e. The van der Waals surface area contributed by atoms with Crippen molar-refractivity contribution in [2.24, 2.45) is 0 Å². The van der Waals surface area contributed by atoms with Gasteiger partial charge in [-0.05, 0) is 20.4 Å². The molecule has 2 heteroatoms. The zero-order valence-electron chi connectivity index (χ0n) is 5.81. The standard InChI is InChI=1S/C6H15NO/c1-4-6(7-3)5(2)8/h5-8H,4H2,1-3H3/t5?,6-/m1/s1. The third kappa shape index (κ3) is 2.28. The van der Waals surface area contributed by atoms with Crippen LogP contribution >= 0.6 is 0 Å². The Balaban J connectivity index is 3.35. The van der Waals surface area contributed by atoms with Gasteiger partial charge in [-0.25, -0.2) is 0 Å². The number of hydrogen-bond acceptors (Lipinski definition) is 2. The van der Waals surface area contributed by atoms with Gasteiger partial charge in [0, 0.05) is 6.04 Å². The minimum atomic E-state index is -0.231. The summed E-state index contributed by atoms with van der Waals surface area (Å²) >= 11 is 0. The van der Waals surface area contributed by atoms with Crippen molar-refractivity contribution in [1.82, 2.24) is 5.32 Å². The van der Waals surface area contributed by atoms with E-state index in [-0.39, 0.29) is 12.1 Å². The Morgan fingerprint density at radius 2 is 2.12 bits per heavy atom. The van der Waals surface area contributed by atoms with Crippen molar-refractivity contribution in [2.75, 3.05) is 7.05 Å². The highest BCUT2D eigenvalue weighted by Crippen LogP contribution is 1.94. The number of rotatable bonds is 3. The van der Waals surface area contributed by atoms with Crippen LogP contribution in [0.1, 0.15) is 20.3 Å². The Morgan fingerprint density at radius 1 is 1.62 bits per heavy atom. The van der Waals surface area contributed by atoms with E-state index < -0.39 is 0 Å².